The van der Waals surface area contributed by atoms with Crippen molar-refractivity contribution in [3.63, 3.8) is 0 Å². The normalized spacial score (nSPS) is 18.3. The Bertz CT molecular complexity index is 218. The zero-order valence-corrected chi connectivity index (χ0v) is 7.07. The molecular weight excluding hydrogens is 200 g/mol. The van der Waals surface area contributed by atoms with Crippen LogP contribution >= 0.6 is 27.5 Å². The van der Waals surface area contributed by atoms with E-state index in [4.69, 9.17) is 0 Å². The summed E-state index contributed by atoms with van der Waals surface area (Å²) in [6.45, 7) is 0. The lowest BCUT2D eigenvalue weighted by Crippen LogP contribution is -1.79. The molecule has 1 aromatic rings. The SMILES string of the molecule is Brc1nc(C2CC2)ns1. The molecule has 0 amide bonds. The molecule has 2 nitrogen and oxygen atoms in total. The zero-order valence-electron chi connectivity index (χ0n) is 4.67. The Morgan fingerprint density at radius 3 is 2.78 bits per heavy atom. The van der Waals surface area contributed by atoms with Crippen molar-refractivity contribution in [3.8, 4) is 0 Å². The van der Waals surface area contributed by atoms with Crippen LogP contribution in [-0.4, -0.2) is 9.36 Å². The fourth-order valence-electron chi connectivity index (χ4n) is 0.723. The van der Waals surface area contributed by atoms with Crippen molar-refractivity contribution < 1.29 is 0 Å². The highest BCUT2D eigenvalue weighted by molar-refractivity contribution is 9.11. The molecule has 1 fully saturated rings. The van der Waals surface area contributed by atoms with Crippen molar-refractivity contribution in [2.75, 3.05) is 0 Å². The van der Waals surface area contributed by atoms with E-state index >= 15 is 0 Å². The maximum Gasteiger partial charge on any atom is 0.179 e. The maximum atomic E-state index is 4.20. The van der Waals surface area contributed by atoms with Gasteiger partial charge in [-0.3, -0.25) is 0 Å². The Kier molecular flexibility index (Phi) is 1.30. The highest BCUT2D eigenvalue weighted by Gasteiger charge is 2.27. The van der Waals surface area contributed by atoms with E-state index in [1.54, 1.807) is 0 Å². The first-order valence-electron chi connectivity index (χ1n) is 2.85. The summed E-state index contributed by atoms with van der Waals surface area (Å²) >= 11 is 4.70. The number of aromatic nitrogens is 2. The van der Waals surface area contributed by atoms with E-state index in [2.05, 4.69) is 25.3 Å². The van der Waals surface area contributed by atoms with Crippen molar-refractivity contribution in [1.29, 1.82) is 0 Å². The molecule has 0 radical (unpaired) electrons. The molecule has 0 saturated heterocycles. The summed E-state index contributed by atoms with van der Waals surface area (Å²) in [7, 11) is 0. The fourth-order valence-corrected chi connectivity index (χ4v) is 1.61. The first-order chi connectivity index (χ1) is 4.36. The molecular formula is C5H5BrN2S. The van der Waals surface area contributed by atoms with Gasteiger partial charge >= 0.3 is 0 Å². The summed E-state index contributed by atoms with van der Waals surface area (Å²) in [6, 6.07) is 0. The van der Waals surface area contributed by atoms with Crippen molar-refractivity contribution >= 4 is 27.5 Å². The van der Waals surface area contributed by atoms with Gasteiger partial charge in [-0.25, -0.2) is 4.98 Å². The van der Waals surface area contributed by atoms with Crippen molar-refractivity contribution in [2.24, 2.45) is 0 Å². The average molecular weight is 205 g/mol. The number of nitrogens with zero attached hydrogens (tertiary/aromatic N) is 2. The minimum absolute atomic E-state index is 0.688. The van der Waals surface area contributed by atoms with Crippen LogP contribution in [0.4, 0.5) is 0 Å². The second kappa shape index (κ2) is 2.02. The first-order valence-corrected chi connectivity index (χ1v) is 4.42. The molecule has 1 aliphatic carbocycles. The molecule has 48 valence electrons. The van der Waals surface area contributed by atoms with Crippen LogP contribution < -0.4 is 0 Å². The van der Waals surface area contributed by atoms with Crippen molar-refractivity contribution in [2.45, 2.75) is 18.8 Å². The van der Waals surface area contributed by atoms with Gasteiger partial charge in [-0.2, -0.15) is 4.37 Å². The molecule has 0 aromatic carbocycles. The number of halogens is 1. The van der Waals surface area contributed by atoms with Crippen LogP contribution in [0.2, 0.25) is 0 Å². The standard InChI is InChI=1S/C5H5BrN2S/c6-5-7-4(8-9-5)3-1-2-3/h3H,1-2H2. The summed E-state index contributed by atoms with van der Waals surface area (Å²) in [5, 5.41) is 0. The number of rotatable bonds is 1. The van der Waals surface area contributed by atoms with Crippen molar-refractivity contribution in [3.05, 3.63) is 9.74 Å². The minimum atomic E-state index is 0.688. The zero-order chi connectivity index (χ0) is 6.27. The Labute approximate surface area is 65.6 Å². The van der Waals surface area contributed by atoms with Gasteiger partial charge in [0, 0.05) is 5.92 Å². The van der Waals surface area contributed by atoms with Gasteiger partial charge < -0.3 is 0 Å². The molecule has 0 spiro atoms. The highest BCUT2D eigenvalue weighted by Crippen LogP contribution is 2.39. The lowest BCUT2D eigenvalue weighted by atomic mass is 10.4. The maximum absolute atomic E-state index is 4.20. The predicted molar refractivity (Wildman–Crippen MR) is 39.6 cm³/mol. The van der Waals surface area contributed by atoms with E-state index < -0.39 is 0 Å². The molecule has 2 rings (SSSR count). The van der Waals surface area contributed by atoms with E-state index in [0.717, 1.165) is 9.74 Å². The quantitative estimate of drug-likeness (QED) is 0.702. The molecule has 1 heterocycles. The number of hydrogen-bond acceptors (Lipinski definition) is 3. The average Bonchev–Trinajstić information content (AvgIpc) is 2.58. The van der Waals surface area contributed by atoms with Crippen LogP contribution in [0.5, 0.6) is 0 Å². The van der Waals surface area contributed by atoms with Crippen LogP contribution in [-0.2, 0) is 0 Å². The second-order valence-corrected chi connectivity index (χ2v) is 4.21. The van der Waals surface area contributed by atoms with Gasteiger partial charge in [0.15, 0.2) is 3.92 Å². The minimum Gasteiger partial charge on any atom is -0.212 e. The summed E-state index contributed by atoms with van der Waals surface area (Å²) in [4.78, 5) is 4.20. The Hall–Kier alpha value is 0.0400. The fraction of sp³-hybridized carbons (Fsp3) is 0.600. The Morgan fingerprint density at radius 2 is 2.33 bits per heavy atom. The summed E-state index contributed by atoms with van der Waals surface area (Å²) in [6.07, 6.45) is 2.56. The van der Waals surface area contributed by atoms with E-state index in [0.29, 0.717) is 5.92 Å². The van der Waals surface area contributed by atoms with Crippen LogP contribution in [0.25, 0.3) is 0 Å². The monoisotopic (exact) mass is 204 g/mol. The highest BCUT2D eigenvalue weighted by atomic mass is 79.9. The summed E-state index contributed by atoms with van der Waals surface area (Å²) in [5.74, 6) is 1.72. The molecule has 1 saturated carbocycles. The van der Waals surface area contributed by atoms with E-state index in [1.807, 2.05) is 0 Å². The van der Waals surface area contributed by atoms with Gasteiger partial charge in [0.2, 0.25) is 0 Å². The molecule has 4 heteroatoms. The Morgan fingerprint density at radius 1 is 1.56 bits per heavy atom. The van der Waals surface area contributed by atoms with Gasteiger partial charge in [-0.05, 0) is 40.3 Å². The summed E-state index contributed by atoms with van der Waals surface area (Å²) < 4.78 is 5.07. The topological polar surface area (TPSA) is 25.8 Å². The van der Waals surface area contributed by atoms with Gasteiger partial charge in [0.05, 0.1) is 0 Å². The van der Waals surface area contributed by atoms with E-state index in [1.165, 1.54) is 24.4 Å². The van der Waals surface area contributed by atoms with Crippen molar-refractivity contribution in [1.82, 2.24) is 9.36 Å². The lowest BCUT2D eigenvalue weighted by Gasteiger charge is -1.79. The van der Waals surface area contributed by atoms with Crippen LogP contribution in [0.3, 0.4) is 0 Å². The number of hydrogen-bond donors (Lipinski definition) is 0. The first kappa shape index (κ1) is 5.80. The second-order valence-electron chi connectivity index (χ2n) is 2.18. The third-order valence-electron chi connectivity index (χ3n) is 1.36. The van der Waals surface area contributed by atoms with Crippen LogP contribution in [0.1, 0.15) is 24.6 Å². The third kappa shape index (κ3) is 1.14. The van der Waals surface area contributed by atoms with E-state index in [9.17, 15) is 0 Å². The smallest absolute Gasteiger partial charge is 0.179 e. The molecule has 0 aliphatic heterocycles. The molecule has 0 bridgehead atoms. The van der Waals surface area contributed by atoms with Crippen LogP contribution in [0, 0.1) is 0 Å². The Balaban J connectivity index is 2.28. The molecule has 1 aromatic heterocycles. The van der Waals surface area contributed by atoms with E-state index in [-0.39, 0.29) is 0 Å². The van der Waals surface area contributed by atoms with Gasteiger partial charge in [0.1, 0.15) is 5.82 Å². The molecule has 0 atom stereocenters. The van der Waals surface area contributed by atoms with Gasteiger partial charge in [0.25, 0.3) is 0 Å². The predicted octanol–water partition coefficient (Wildman–Crippen LogP) is 2.18. The summed E-state index contributed by atoms with van der Waals surface area (Å²) in [5.41, 5.74) is 0. The largest absolute Gasteiger partial charge is 0.212 e. The molecule has 9 heavy (non-hydrogen) atoms. The lowest BCUT2D eigenvalue weighted by molar-refractivity contribution is 0.980. The molecule has 0 unspecified atom stereocenters. The van der Waals surface area contributed by atoms with Crippen LogP contribution in [0.15, 0.2) is 3.92 Å². The van der Waals surface area contributed by atoms with Gasteiger partial charge in [-0.1, -0.05) is 0 Å². The van der Waals surface area contributed by atoms with Gasteiger partial charge in [-0.15, -0.1) is 0 Å². The third-order valence-corrected chi connectivity index (χ3v) is 2.49. The molecule has 0 N–H and O–H groups in total. The molecule has 1 aliphatic rings.